The van der Waals surface area contributed by atoms with Crippen molar-refractivity contribution in [2.75, 3.05) is 17.2 Å². The van der Waals surface area contributed by atoms with Gasteiger partial charge < -0.3 is 10.6 Å². The van der Waals surface area contributed by atoms with Gasteiger partial charge in [-0.25, -0.2) is 4.39 Å². The van der Waals surface area contributed by atoms with Crippen LogP contribution in [0.2, 0.25) is 0 Å². The van der Waals surface area contributed by atoms with Crippen LogP contribution in [-0.4, -0.2) is 17.4 Å². The summed E-state index contributed by atoms with van der Waals surface area (Å²) < 4.78 is 13.6. The van der Waals surface area contributed by atoms with Crippen molar-refractivity contribution >= 4 is 23.0 Å². The van der Waals surface area contributed by atoms with E-state index < -0.39 is 16.6 Å². The minimum atomic E-state index is -0.521. The number of amides is 1. The van der Waals surface area contributed by atoms with Crippen LogP contribution in [-0.2, 0) is 4.79 Å². The molecule has 0 spiro atoms. The van der Waals surface area contributed by atoms with Gasteiger partial charge in [-0.3, -0.25) is 14.9 Å². The Morgan fingerprint density at radius 2 is 2.05 bits per heavy atom. The van der Waals surface area contributed by atoms with Gasteiger partial charge in [-0.2, -0.15) is 0 Å². The molecule has 0 aliphatic carbocycles. The van der Waals surface area contributed by atoms with Crippen LogP contribution in [0.1, 0.15) is 5.56 Å². The molecule has 0 saturated carbocycles. The summed E-state index contributed by atoms with van der Waals surface area (Å²) in [5, 5.41) is 15.8. The van der Waals surface area contributed by atoms with Gasteiger partial charge in [0.25, 0.3) is 5.69 Å². The summed E-state index contributed by atoms with van der Waals surface area (Å²) in [5.41, 5.74) is 1.21. The fourth-order valence-electron chi connectivity index (χ4n) is 1.83. The molecule has 0 atom stereocenters. The molecule has 0 saturated heterocycles. The molecule has 0 aromatic heterocycles. The van der Waals surface area contributed by atoms with Crippen molar-refractivity contribution in [3.8, 4) is 0 Å². The fourth-order valence-corrected chi connectivity index (χ4v) is 1.83. The van der Waals surface area contributed by atoms with Crippen LogP contribution in [0.5, 0.6) is 0 Å². The normalized spacial score (nSPS) is 10.1. The molecule has 0 fully saturated rings. The molecule has 2 rings (SSSR count). The first-order valence-corrected chi connectivity index (χ1v) is 6.50. The number of benzene rings is 2. The number of hydrogen-bond donors (Lipinski definition) is 2. The minimum Gasteiger partial charge on any atom is -0.376 e. The van der Waals surface area contributed by atoms with Gasteiger partial charge in [-0.05, 0) is 30.7 Å². The third-order valence-corrected chi connectivity index (χ3v) is 2.91. The van der Waals surface area contributed by atoms with Gasteiger partial charge in [0.1, 0.15) is 5.82 Å². The average molecular weight is 303 g/mol. The Morgan fingerprint density at radius 3 is 2.73 bits per heavy atom. The molecular weight excluding hydrogens is 289 g/mol. The van der Waals surface area contributed by atoms with Crippen LogP contribution in [0.4, 0.5) is 21.5 Å². The molecule has 2 N–H and O–H groups in total. The quantitative estimate of drug-likeness (QED) is 0.656. The van der Waals surface area contributed by atoms with E-state index in [2.05, 4.69) is 10.6 Å². The summed E-state index contributed by atoms with van der Waals surface area (Å²) in [5.74, 6) is -0.960. The number of non-ortho nitro benzene ring substituents is 1. The molecule has 22 heavy (non-hydrogen) atoms. The number of halogens is 1. The molecule has 7 heteroatoms. The lowest BCUT2D eigenvalue weighted by Gasteiger charge is -2.09. The van der Waals surface area contributed by atoms with E-state index in [9.17, 15) is 19.3 Å². The maximum absolute atomic E-state index is 13.6. The van der Waals surface area contributed by atoms with Crippen molar-refractivity contribution in [2.24, 2.45) is 0 Å². The maximum Gasteiger partial charge on any atom is 0.271 e. The van der Waals surface area contributed by atoms with Crippen molar-refractivity contribution in [3.63, 3.8) is 0 Å². The van der Waals surface area contributed by atoms with Gasteiger partial charge in [0, 0.05) is 17.8 Å². The van der Waals surface area contributed by atoms with E-state index in [1.165, 1.54) is 30.3 Å². The highest BCUT2D eigenvalue weighted by Gasteiger charge is 2.09. The first-order valence-electron chi connectivity index (χ1n) is 6.50. The van der Waals surface area contributed by atoms with Crippen LogP contribution in [0.15, 0.2) is 42.5 Å². The third-order valence-electron chi connectivity index (χ3n) is 2.91. The predicted molar refractivity (Wildman–Crippen MR) is 81.4 cm³/mol. The molecule has 6 nitrogen and oxygen atoms in total. The molecule has 0 bridgehead atoms. The van der Waals surface area contributed by atoms with Crippen LogP contribution in [0.25, 0.3) is 0 Å². The number of aryl methyl sites for hydroxylation is 1. The van der Waals surface area contributed by atoms with Crippen LogP contribution in [0, 0.1) is 22.9 Å². The second-order valence-electron chi connectivity index (χ2n) is 4.69. The predicted octanol–water partition coefficient (Wildman–Crippen LogP) is 3.09. The number of nitro benzene ring substituents is 1. The van der Waals surface area contributed by atoms with Gasteiger partial charge >= 0.3 is 0 Å². The van der Waals surface area contributed by atoms with Crippen molar-refractivity contribution in [1.82, 2.24) is 0 Å². The van der Waals surface area contributed by atoms with Crippen molar-refractivity contribution in [2.45, 2.75) is 6.92 Å². The first kappa shape index (κ1) is 15.4. The fraction of sp³-hybridized carbons (Fsp3) is 0.133. The monoisotopic (exact) mass is 303 g/mol. The van der Waals surface area contributed by atoms with Gasteiger partial charge in [0.05, 0.1) is 17.2 Å². The molecule has 114 valence electrons. The Balaban J connectivity index is 1.95. The van der Waals surface area contributed by atoms with E-state index in [0.29, 0.717) is 5.69 Å². The number of hydrogen-bond acceptors (Lipinski definition) is 4. The van der Waals surface area contributed by atoms with Gasteiger partial charge in [0.2, 0.25) is 5.91 Å². The van der Waals surface area contributed by atoms with Crippen molar-refractivity contribution < 1.29 is 14.1 Å². The molecule has 0 radical (unpaired) electrons. The van der Waals surface area contributed by atoms with E-state index >= 15 is 0 Å². The molecule has 0 unspecified atom stereocenters. The van der Waals surface area contributed by atoms with Gasteiger partial charge in [-0.1, -0.05) is 12.1 Å². The largest absolute Gasteiger partial charge is 0.376 e. The highest BCUT2D eigenvalue weighted by molar-refractivity contribution is 5.93. The standard InChI is InChI=1S/C15H14FN3O3/c1-10-5-6-14(13(16)7-10)18-15(20)9-17-11-3-2-4-12(8-11)19(21)22/h2-8,17H,9H2,1H3,(H,18,20). The highest BCUT2D eigenvalue weighted by Crippen LogP contribution is 2.17. The smallest absolute Gasteiger partial charge is 0.271 e. The Morgan fingerprint density at radius 1 is 1.27 bits per heavy atom. The van der Waals surface area contributed by atoms with Crippen molar-refractivity contribution in [3.05, 3.63) is 64.0 Å². The molecule has 1 amide bonds. The molecule has 2 aromatic rings. The van der Waals surface area contributed by atoms with E-state index in [0.717, 1.165) is 5.56 Å². The van der Waals surface area contributed by atoms with Crippen molar-refractivity contribution in [1.29, 1.82) is 0 Å². The Kier molecular flexibility index (Phi) is 4.67. The summed E-state index contributed by atoms with van der Waals surface area (Å²) in [6.45, 7) is 1.62. The number of nitrogens with zero attached hydrogens (tertiary/aromatic N) is 1. The second-order valence-corrected chi connectivity index (χ2v) is 4.69. The SMILES string of the molecule is Cc1ccc(NC(=O)CNc2cccc([N+](=O)[O-])c2)c(F)c1. The lowest BCUT2D eigenvalue weighted by molar-refractivity contribution is -0.384. The van der Waals surface area contributed by atoms with E-state index in [1.807, 2.05) is 0 Å². The maximum atomic E-state index is 13.6. The molecular formula is C15H14FN3O3. The molecule has 2 aromatic carbocycles. The van der Waals surface area contributed by atoms with E-state index in [-0.39, 0.29) is 17.9 Å². The molecule has 0 heterocycles. The Labute approximate surface area is 126 Å². The number of carbonyl (C=O) groups excluding carboxylic acids is 1. The van der Waals surface area contributed by atoms with E-state index in [1.54, 1.807) is 19.1 Å². The Bertz CT molecular complexity index is 719. The minimum absolute atomic E-state index is 0.0741. The first-order chi connectivity index (χ1) is 10.5. The van der Waals surface area contributed by atoms with Crippen LogP contribution in [0.3, 0.4) is 0 Å². The zero-order chi connectivity index (χ0) is 16.1. The number of anilines is 2. The summed E-state index contributed by atoms with van der Waals surface area (Å²) in [4.78, 5) is 21.9. The van der Waals surface area contributed by atoms with Crippen LogP contribution >= 0.6 is 0 Å². The summed E-state index contributed by atoms with van der Waals surface area (Å²) in [6, 6.07) is 10.3. The average Bonchev–Trinajstić information content (AvgIpc) is 2.48. The third kappa shape index (κ3) is 4.02. The van der Waals surface area contributed by atoms with Gasteiger partial charge in [0.15, 0.2) is 0 Å². The molecule has 0 aliphatic heterocycles. The second kappa shape index (κ2) is 6.66. The summed E-state index contributed by atoms with van der Waals surface area (Å²) >= 11 is 0. The lowest BCUT2D eigenvalue weighted by atomic mass is 10.2. The number of carbonyl (C=O) groups is 1. The Hall–Kier alpha value is -2.96. The van der Waals surface area contributed by atoms with Crippen LogP contribution < -0.4 is 10.6 Å². The lowest BCUT2D eigenvalue weighted by Crippen LogP contribution is -2.22. The summed E-state index contributed by atoms with van der Waals surface area (Å²) in [6.07, 6.45) is 0. The zero-order valence-electron chi connectivity index (χ0n) is 11.8. The van der Waals surface area contributed by atoms with Gasteiger partial charge in [-0.15, -0.1) is 0 Å². The zero-order valence-corrected chi connectivity index (χ0v) is 11.8. The molecule has 0 aliphatic rings. The topological polar surface area (TPSA) is 84.3 Å². The highest BCUT2D eigenvalue weighted by atomic mass is 19.1. The number of nitro groups is 1. The van der Waals surface area contributed by atoms with E-state index in [4.69, 9.17) is 0 Å². The number of nitrogens with one attached hydrogen (secondary N) is 2. The number of rotatable bonds is 5. The summed E-state index contributed by atoms with van der Waals surface area (Å²) in [7, 11) is 0.